The highest BCUT2D eigenvalue weighted by Crippen LogP contribution is 2.31. The monoisotopic (exact) mass is 381 g/mol. The van der Waals surface area contributed by atoms with E-state index in [2.05, 4.69) is 5.32 Å². The fourth-order valence-electron chi connectivity index (χ4n) is 2.73. The molecule has 1 N–H and O–H groups in total. The van der Waals surface area contributed by atoms with Crippen LogP contribution in [0, 0.1) is 10.1 Å². The molecular weight excluding hydrogens is 366 g/mol. The summed E-state index contributed by atoms with van der Waals surface area (Å²) in [5, 5.41) is 14.3. The molecule has 2 aromatic rings. The number of rotatable bonds is 5. The fourth-order valence-corrected chi connectivity index (χ4v) is 4.46. The van der Waals surface area contributed by atoms with Gasteiger partial charge in [0.2, 0.25) is 10.0 Å². The summed E-state index contributed by atoms with van der Waals surface area (Å²) >= 11 is 5.80. The number of nitrogens with zero attached hydrogens (tertiary/aromatic N) is 2. The molecule has 2 aromatic carbocycles. The largest absolute Gasteiger partial charge is 0.350 e. The molecule has 1 aliphatic heterocycles. The first-order valence-electron chi connectivity index (χ1n) is 7.69. The van der Waals surface area contributed by atoms with E-state index >= 15 is 0 Å². The average Bonchev–Trinajstić information content (AvgIpc) is 3.12. The SMILES string of the molecule is O=[N+]([O-])c1cc(Cl)ccc1Nc1cccc(S(=O)(=O)N2CCCC2)c1. The van der Waals surface area contributed by atoms with Crippen LogP contribution < -0.4 is 5.32 Å². The van der Waals surface area contributed by atoms with Crippen LogP contribution in [-0.4, -0.2) is 30.7 Å². The summed E-state index contributed by atoms with van der Waals surface area (Å²) in [6, 6.07) is 10.5. The topological polar surface area (TPSA) is 92.5 Å². The summed E-state index contributed by atoms with van der Waals surface area (Å²) in [5.41, 5.74) is 0.510. The lowest BCUT2D eigenvalue weighted by Crippen LogP contribution is -2.27. The maximum absolute atomic E-state index is 12.6. The molecule has 0 bridgehead atoms. The van der Waals surface area contributed by atoms with Crippen molar-refractivity contribution in [2.24, 2.45) is 0 Å². The van der Waals surface area contributed by atoms with Gasteiger partial charge >= 0.3 is 0 Å². The number of nitro groups is 1. The summed E-state index contributed by atoms with van der Waals surface area (Å²) in [5.74, 6) is 0. The number of benzene rings is 2. The molecule has 0 atom stereocenters. The number of hydrogen-bond donors (Lipinski definition) is 1. The summed E-state index contributed by atoms with van der Waals surface area (Å²) in [7, 11) is -3.55. The van der Waals surface area contributed by atoms with Crippen molar-refractivity contribution >= 4 is 38.7 Å². The van der Waals surface area contributed by atoms with Gasteiger partial charge in [0.15, 0.2) is 0 Å². The maximum atomic E-state index is 12.6. The van der Waals surface area contributed by atoms with Gasteiger partial charge in [-0.3, -0.25) is 10.1 Å². The van der Waals surface area contributed by atoms with Gasteiger partial charge in [0.25, 0.3) is 5.69 Å². The quantitative estimate of drug-likeness (QED) is 0.628. The number of halogens is 1. The zero-order valence-electron chi connectivity index (χ0n) is 13.2. The second-order valence-corrected chi connectivity index (χ2v) is 8.06. The van der Waals surface area contributed by atoms with Gasteiger partial charge in [-0.15, -0.1) is 0 Å². The molecule has 0 spiro atoms. The molecule has 1 heterocycles. The van der Waals surface area contributed by atoms with Crippen LogP contribution in [0.4, 0.5) is 17.1 Å². The Morgan fingerprint density at radius 3 is 2.52 bits per heavy atom. The van der Waals surface area contributed by atoms with Crippen molar-refractivity contribution in [2.75, 3.05) is 18.4 Å². The zero-order chi connectivity index (χ0) is 18.0. The lowest BCUT2D eigenvalue weighted by atomic mass is 10.2. The summed E-state index contributed by atoms with van der Waals surface area (Å²) in [4.78, 5) is 10.8. The normalized spacial score (nSPS) is 15.2. The molecule has 25 heavy (non-hydrogen) atoms. The minimum Gasteiger partial charge on any atom is -0.350 e. The van der Waals surface area contributed by atoms with Gasteiger partial charge in [0.1, 0.15) is 5.69 Å². The van der Waals surface area contributed by atoms with E-state index in [9.17, 15) is 18.5 Å². The third-order valence-electron chi connectivity index (χ3n) is 3.97. The highest BCUT2D eigenvalue weighted by molar-refractivity contribution is 7.89. The molecule has 0 aromatic heterocycles. The molecular formula is C16H16ClN3O4S. The van der Waals surface area contributed by atoms with Crippen molar-refractivity contribution in [3.05, 3.63) is 57.6 Å². The molecule has 9 heteroatoms. The highest BCUT2D eigenvalue weighted by Gasteiger charge is 2.27. The summed E-state index contributed by atoms with van der Waals surface area (Å²) in [6.07, 6.45) is 1.71. The van der Waals surface area contributed by atoms with E-state index in [-0.39, 0.29) is 21.3 Å². The summed E-state index contributed by atoms with van der Waals surface area (Å²) < 4.78 is 26.7. The number of nitrogens with one attached hydrogen (secondary N) is 1. The lowest BCUT2D eigenvalue weighted by molar-refractivity contribution is -0.383. The van der Waals surface area contributed by atoms with Crippen LogP contribution in [-0.2, 0) is 10.0 Å². The second-order valence-electron chi connectivity index (χ2n) is 5.68. The van der Waals surface area contributed by atoms with E-state index in [0.717, 1.165) is 12.8 Å². The Morgan fingerprint density at radius 1 is 1.12 bits per heavy atom. The Morgan fingerprint density at radius 2 is 1.84 bits per heavy atom. The van der Waals surface area contributed by atoms with Crippen molar-refractivity contribution < 1.29 is 13.3 Å². The molecule has 0 aliphatic carbocycles. The first-order valence-corrected chi connectivity index (χ1v) is 9.51. The zero-order valence-corrected chi connectivity index (χ0v) is 14.8. The van der Waals surface area contributed by atoms with E-state index in [4.69, 9.17) is 11.6 Å². The van der Waals surface area contributed by atoms with Gasteiger partial charge in [-0.25, -0.2) is 8.42 Å². The molecule has 1 saturated heterocycles. The Kier molecular flexibility index (Phi) is 4.94. The van der Waals surface area contributed by atoms with E-state index in [0.29, 0.717) is 18.8 Å². The smallest absolute Gasteiger partial charge is 0.294 e. The van der Waals surface area contributed by atoms with Gasteiger partial charge < -0.3 is 5.32 Å². The average molecular weight is 382 g/mol. The third kappa shape index (κ3) is 3.76. The van der Waals surface area contributed by atoms with Crippen molar-refractivity contribution in [3.8, 4) is 0 Å². The Labute approximate surface area is 150 Å². The van der Waals surface area contributed by atoms with Crippen LogP contribution in [0.5, 0.6) is 0 Å². The lowest BCUT2D eigenvalue weighted by Gasteiger charge is -2.16. The Balaban J connectivity index is 1.92. The number of sulfonamides is 1. The van der Waals surface area contributed by atoms with E-state index in [1.54, 1.807) is 12.1 Å². The van der Waals surface area contributed by atoms with Crippen molar-refractivity contribution in [2.45, 2.75) is 17.7 Å². The number of hydrogen-bond acceptors (Lipinski definition) is 5. The Bertz CT molecular complexity index is 911. The van der Waals surface area contributed by atoms with E-state index < -0.39 is 14.9 Å². The van der Waals surface area contributed by atoms with Crippen molar-refractivity contribution in [3.63, 3.8) is 0 Å². The second kappa shape index (κ2) is 6.99. The molecule has 132 valence electrons. The number of nitro benzene ring substituents is 1. The highest BCUT2D eigenvalue weighted by atomic mass is 35.5. The minimum atomic E-state index is -3.55. The molecule has 0 saturated carbocycles. The minimum absolute atomic E-state index is 0.163. The van der Waals surface area contributed by atoms with Crippen LogP contribution >= 0.6 is 11.6 Å². The number of anilines is 2. The standard InChI is InChI=1S/C16H16ClN3O4S/c17-12-6-7-15(16(10-12)20(21)22)18-13-4-3-5-14(11-13)25(23,24)19-8-1-2-9-19/h3-7,10-11,18H,1-2,8-9H2. The van der Waals surface area contributed by atoms with Crippen LogP contribution in [0.25, 0.3) is 0 Å². The third-order valence-corrected chi connectivity index (χ3v) is 6.10. The van der Waals surface area contributed by atoms with Crippen LogP contribution in [0.1, 0.15) is 12.8 Å². The fraction of sp³-hybridized carbons (Fsp3) is 0.250. The van der Waals surface area contributed by atoms with Gasteiger partial charge in [-0.05, 0) is 43.2 Å². The summed E-state index contributed by atoms with van der Waals surface area (Å²) in [6.45, 7) is 1.03. The molecule has 3 rings (SSSR count). The van der Waals surface area contributed by atoms with Crippen molar-refractivity contribution in [1.82, 2.24) is 4.31 Å². The first-order chi connectivity index (χ1) is 11.9. The van der Waals surface area contributed by atoms with E-state index in [1.807, 2.05) is 0 Å². The first kappa shape index (κ1) is 17.7. The van der Waals surface area contributed by atoms with Gasteiger partial charge in [0, 0.05) is 29.9 Å². The van der Waals surface area contributed by atoms with E-state index in [1.165, 1.54) is 34.6 Å². The molecule has 0 amide bonds. The van der Waals surface area contributed by atoms with Gasteiger partial charge in [0.05, 0.1) is 9.82 Å². The molecule has 7 nitrogen and oxygen atoms in total. The van der Waals surface area contributed by atoms with Crippen LogP contribution in [0.15, 0.2) is 47.4 Å². The Hall–Kier alpha value is -2.16. The van der Waals surface area contributed by atoms with Crippen LogP contribution in [0.3, 0.4) is 0 Å². The predicted octanol–water partition coefficient (Wildman–Crippen LogP) is 3.78. The van der Waals surface area contributed by atoms with Crippen LogP contribution in [0.2, 0.25) is 5.02 Å². The molecule has 1 aliphatic rings. The molecule has 0 radical (unpaired) electrons. The molecule has 0 unspecified atom stereocenters. The predicted molar refractivity (Wildman–Crippen MR) is 95.8 cm³/mol. The van der Waals surface area contributed by atoms with Gasteiger partial charge in [-0.2, -0.15) is 4.31 Å². The maximum Gasteiger partial charge on any atom is 0.294 e. The van der Waals surface area contributed by atoms with Crippen molar-refractivity contribution in [1.29, 1.82) is 0 Å². The molecule has 1 fully saturated rings. The van der Waals surface area contributed by atoms with Gasteiger partial charge in [-0.1, -0.05) is 17.7 Å².